The summed E-state index contributed by atoms with van der Waals surface area (Å²) in [6.45, 7) is 0. The first-order valence-corrected chi connectivity index (χ1v) is 31.8. The van der Waals surface area contributed by atoms with Gasteiger partial charge in [0.1, 0.15) is 11.5 Å². The van der Waals surface area contributed by atoms with Crippen LogP contribution in [0.4, 0.5) is 68.2 Å². The van der Waals surface area contributed by atoms with E-state index in [-0.39, 0.29) is 47.8 Å². The minimum Gasteiger partial charge on any atom is -0.490 e. The Morgan fingerprint density at radius 3 is 0.868 bits per heavy atom. The molecule has 2 saturated carbocycles. The van der Waals surface area contributed by atoms with Gasteiger partial charge in [-0.05, 0) is 226 Å². The second kappa shape index (κ2) is 27.9. The highest BCUT2D eigenvalue weighted by Gasteiger charge is 2.24. The summed E-state index contributed by atoms with van der Waals surface area (Å²) in [7, 11) is 0. The molecule has 91 heavy (non-hydrogen) atoms. The van der Waals surface area contributed by atoms with E-state index in [1.165, 1.54) is 0 Å². The fourth-order valence-corrected chi connectivity index (χ4v) is 12.8. The molecule has 0 bridgehead atoms. The highest BCUT2D eigenvalue weighted by molar-refractivity contribution is 5.86. The molecule has 2 aliphatic carbocycles. The average Bonchev–Trinajstić information content (AvgIpc) is 0.761. The normalized spacial score (nSPS) is 15.0. The molecule has 0 saturated heterocycles. The van der Waals surface area contributed by atoms with Gasteiger partial charge in [0, 0.05) is 91.5 Å². The lowest BCUT2D eigenvalue weighted by Crippen LogP contribution is -2.20. The van der Waals surface area contributed by atoms with Crippen molar-refractivity contribution in [3.8, 4) is 33.8 Å². The molecule has 0 aromatic heterocycles. The molecule has 0 N–H and O–H groups in total. The van der Waals surface area contributed by atoms with Gasteiger partial charge in [-0.25, -0.2) is 0 Å². The first kappa shape index (κ1) is 47.4. The van der Waals surface area contributed by atoms with Crippen molar-refractivity contribution in [2.24, 2.45) is 0 Å². The Morgan fingerprint density at radius 1 is 0.275 bits per heavy atom. The van der Waals surface area contributed by atoms with Crippen molar-refractivity contribution in [1.29, 1.82) is 0 Å². The lowest BCUT2D eigenvalue weighted by atomic mass is 9.97. The van der Waals surface area contributed by atoms with E-state index >= 15 is 0 Å². The van der Waals surface area contributed by atoms with Crippen LogP contribution in [0.25, 0.3) is 22.3 Å². The molecule has 0 unspecified atom stereocenters. The van der Waals surface area contributed by atoms with Gasteiger partial charge in [-0.1, -0.05) is 170 Å². The zero-order chi connectivity index (χ0) is 69.7. The SMILES string of the molecule is [2H]c1c([2H])c([2H])c(N(c2ccc(Cc3ccc(N(c4ccc(-c5ccc(N(c6ccccc6)c6ccccc6)cc5)c(OC5CCCCC5)c4)c4c([2H])c([2H])c([2H])c([2H])c4[2H])cc3)cc2)c2ccc(-c3ccc(N(c4ccccc4)c4ccccc4)cc3)c(OC3CCCCC3)c2)c([2H])c1[2H]. The van der Waals surface area contributed by atoms with Crippen LogP contribution in [-0.2, 0) is 6.42 Å². The van der Waals surface area contributed by atoms with Crippen molar-refractivity contribution < 1.29 is 23.2 Å². The van der Waals surface area contributed by atoms with Crippen LogP contribution in [0.15, 0.2) is 315 Å². The number of benzene rings is 12. The second-order valence-corrected chi connectivity index (χ2v) is 23.4. The van der Waals surface area contributed by atoms with Crippen molar-refractivity contribution >= 4 is 68.2 Å². The Bertz CT molecular complexity index is 4430. The van der Waals surface area contributed by atoms with Crippen molar-refractivity contribution in [2.75, 3.05) is 19.6 Å². The molecule has 0 spiro atoms. The lowest BCUT2D eigenvalue weighted by molar-refractivity contribution is 0.155. The Hall–Kier alpha value is -10.6. The molecule has 0 aliphatic heterocycles. The number of para-hydroxylation sites is 6. The third kappa shape index (κ3) is 13.6. The Kier molecular flexibility index (Phi) is 14.5. The topological polar surface area (TPSA) is 31.4 Å². The molecule has 0 atom stereocenters. The summed E-state index contributed by atoms with van der Waals surface area (Å²) < 4.78 is 104. The van der Waals surface area contributed by atoms with E-state index in [9.17, 15) is 5.48 Å². The van der Waals surface area contributed by atoms with Crippen LogP contribution < -0.4 is 29.1 Å². The molecule has 6 nitrogen and oxygen atoms in total. The number of hydrogen-bond donors (Lipinski definition) is 0. The van der Waals surface area contributed by atoms with Gasteiger partial charge >= 0.3 is 0 Å². The van der Waals surface area contributed by atoms with Gasteiger partial charge in [-0.15, -0.1) is 0 Å². The molecule has 14 rings (SSSR count). The van der Waals surface area contributed by atoms with Crippen LogP contribution >= 0.6 is 0 Å². The third-order valence-electron chi connectivity index (χ3n) is 17.3. The molecular formula is C85H76N4O2. The van der Waals surface area contributed by atoms with Gasteiger partial charge in [-0.2, -0.15) is 0 Å². The monoisotopic (exact) mass is 1190 g/mol. The maximum Gasteiger partial charge on any atom is 0.129 e. The summed E-state index contributed by atoms with van der Waals surface area (Å²) in [6, 6.07) is 80.9. The van der Waals surface area contributed by atoms with Gasteiger partial charge in [0.05, 0.1) is 25.9 Å². The van der Waals surface area contributed by atoms with Gasteiger partial charge < -0.3 is 29.1 Å². The average molecular weight is 1200 g/mol. The highest BCUT2D eigenvalue weighted by Crippen LogP contribution is 2.46. The fraction of sp³-hybridized carbons (Fsp3) is 0.153. The van der Waals surface area contributed by atoms with E-state index < -0.39 is 36.3 Å². The maximum absolute atomic E-state index is 9.34. The molecule has 2 fully saturated rings. The van der Waals surface area contributed by atoms with E-state index in [0.29, 0.717) is 40.7 Å². The minimum atomic E-state index is -0.487. The largest absolute Gasteiger partial charge is 0.490 e. The van der Waals surface area contributed by atoms with Crippen LogP contribution in [0.2, 0.25) is 0 Å². The first-order chi connectivity index (χ1) is 49.3. The predicted octanol–water partition coefficient (Wildman–Crippen LogP) is 23.9. The summed E-state index contributed by atoms with van der Waals surface area (Å²) in [5, 5.41) is 0. The molecule has 0 radical (unpaired) electrons. The molecule has 12 aromatic rings. The summed E-state index contributed by atoms with van der Waals surface area (Å²) >= 11 is 0. The number of nitrogens with zero attached hydrogens (tertiary/aromatic N) is 4. The van der Waals surface area contributed by atoms with E-state index in [1.807, 2.05) is 158 Å². The van der Waals surface area contributed by atoms with E-state index in [2.05, 4.69) is 107 Å². The highest BCUT2D eigenvalue weighted by atomic mass is 16.5. The fourth-order valence-electron chi connectivity index (χ4n) is 12.8. The van der Waals surface area contributed by atoms with Crippen LogP contribution in [0.3, 0.4) is 0 Å². The number of anilines is 12. The number of hydrogen-bond acceptors (Lipinski definition) is 6. The molecule has 0 heterocycles. The van der Waals surface area contributed by atoms with Crippen molar-refractivity contribution in [3.63, 3.8) is 0 Å². The van der Waals surface area contributed by atoms with Gasteiger partial charge in [0.2, 0.25) is 0 Å². The summed E-state index contributed by atoms with van der Waals surface area (Å²) in [6.07, 6.45) is 10.4. The van der Waals surface area contributed by atoms with E-state index in [0.717, 1.165) is 132 Å². The molecule has 448 valence electrons. The van der Waals surface area contributed by atoms with Crippen molar-refractivity contribution in [2.45, 2.75) is 82.8 Å². The quantitative estimate of drug-likeness (QED) is 0.0756. The number of rotatable bonds is 20. The van der Waals surface area contributed by atoms with Gasteiger partial charge in [-0.3, -0.25) is 0 Å². The van der Waals surface area contributed by atoms with E-state index in [1.54, 1.807) is 9.80 Å². The third-order valence-corrected chi connectivity index (χ3v) is 17.3. The predicted molar refractivity (Wildman–Crippen MR) is 380 cm³/mol. The lowest BCUT2D eigenvalue weighted by Gasteiger charge is -2.29. The summed E-state index contributed by atoms with van der Waals surface area (Å²) in [5.41, 5.74) is 13.7. The first-order valence-electron chi connectivity index (χ1n) is 36.8. The molecule has 2 aliphatic rings. The van der Waals surface area contributed by atoms with Gasteiger partial charge in [0.15, 0.2) is 0 Å². The van der Waals surface area contributed by atoms with Crippen LogP contribution in [0.1, 0.15) is 89.0 Å². The Balaban J connectivity index is 0.800. The smallest absolute Gasteiger partial charge is 0.129 e. The second-order valence-electron chi connectivity index (χ2n) is 23.4. The molecule has 6 heteroatoms. The molecular weight excluding hydrogens is 1110 g/mol. The standard InChI is InChI=1S/C85H76N4O2/c1-9-25-68(26-10-1)86(69-27-11-2-12-28-69)76-53-45-66(46-54-76)82-59-57-78(62-84(82)90-80-37-21-7-22-38-80)88(72-33-17-5-18-34-72)74-49-41-64(42-50-74)61-65-43-51-75(52-44-65)89(73-35-19-6-20-36-73)79-58-60-83(85(63-79)91-81-39-23-8-24-40-81)67-47-55-77(56-48-67)87(70-29-13-3-14-30-70)71-31-15-4-16-32-71/h1-6,9-20,25-36,41-60,62-63,80-81H,7-8,21-24,37-40,61H2/i5D,6D,17D,18D,19D,20D,33D,34D,35D,36D. The van der Waals surface area contributed by atoms with Crippen molar-refractivity contribution in [1.82, 2.24) is 0 Å². The van der Waals surface area contributed by atoms with Gasteiger partial charge in [0.25, 0.3) is 0 Å². The Labute approximate surface area is 551 Å². The minimum absolute atomic E-state index is 0.00303. The summed E-state index contributed by atoms with van der Waals surface area (Å²) in [4.78, 5) is 7.89. The number of ether oxygens (including phenoxy) is 2. The zero-order valence-electron chi connectivity index (χ0n) is 60.8. The molecule has 0 amide bonds. The summed E-state index contributed by atoms with van der Waals surface area (Å²) in [5.74, 6) is 1.24. The van der Waals surface area contributed by atoms with Crippen molar-refractivity contribution in [3.05, 3.63) is 326 Å². The van der Waals surface area contributed by atoms with Crippen LogP contribution in [0, 0.1) is 0 Å². The Morgan fingerprint density at radius 2 is 0.549 bits per heavy atom. The van der Waals surface area contributed by atoms with E-state index in [4.69, 9.17) is 17.7 Å². The zero-order valence-corrected chi connectivity index (χ0v) is 50.8. The van der Waals surface area contributed by atoms with Crippen LogP contribution in [0.5, 0.6) is 11.5 Å². The van der Waals surface area contributed by atoms with Crippen LogP contribution in [-0.4, -0.2) is 12.2 Å². The molecule has 12 aromatic carbocycles. The maximum atomic E-state index is 9.34.